The lowest BCUT2D eigenvalue weighted by Gasteiger charge is -2.32. The number of rotatable bonds is 3. The van der Waals surface area contributed by atoms with Gasteiger partial charge < -0.3 is 19.3 Å². The van der Waals surface area contributed by atoms with Gasteiger partial charge in [0.1, 0.15) is 5.69 Å². The fourth-order valence-corrected chi connectivity index (χ4v) is 3.35. The van der Waals surface area contributed by atoms with Crippen molar-refractivity contribution < 1.29 is 19.4 Å². The molecule has 1 aromatic heterocycles. The predicted molar refractivity (Wildman–Crippen MR) is 91.8 cm³/mol. The number of hydrogen-bond donors (Lipinski definition) is 1. The van der Waals surface area contributed by atoms with Crippen molar-refractivity contribution in [1.82, 2.24) is 9.47 Å². The highest BCUT2D eigenvalue weighted by molar-refractivity contribution is 9.10. The molecule has 2 heterocycles. The molecule has 0 aliphatic carbocycles. The Morgan fingerprint density at radius 1 is 1.25 bits per heavy atom. The van der Waals surface area contributed by atoms with E-state index in [0.29, 0.717) is 12.3 Å². The zero-order chi connectivity index (χ0) is 17.3. The molecule has 0 spiro atoms. The van der Waals surface area contributed by atoms with Crippen LogP contribution in [-0.2, 0) is 16.6 Å². The monoisotopic (exact) mass is 392 g/mol. The number of aromatic nitrogens is 1. The Balaban J connectivity index is 1.94. The van der Waals surface area contributed by atoms with Gasteiger partial charge in [0.25, 0.3) is 5.91 Å². The van der Waals surface area contributed by atoms with E-state index in [2.05, 4.69) is 15.9 Å². The summed E-state index contributed by atoms with van der Waals surface area (Å²) in [6.07, 6.45) is 0. The highest BCUT2D eigenvalue weighted by Gasteiger charge is 2.34. The van der Waals surface area contributed by atoms with Crippen molar-refractivity contribution in [2.45, 2.75) is 6.04 Å². The number of ether oxygens (including phenoxy) is 1. The molecule has 24 heavy (non-hydrogen) atoms. The number of carboxylic acids is 1. The van der Waals surface area contributed by atoms with Crippen LogP contribution in [0.5, 0.6) is 0 Å². The Morgan fingerprint density at radius 3 is 2.71 bits per heavy atom. The fraction of sp³-hybridized carbons (Fsp3) is 0.294. The number of aliphatic carboxylic acids is 1. The van der Waals surface area contributed by atoms with Gasteiger partial charge in [-0.3, -0.25) is 4.79 Å². The molecular weight excluding hydrogens is 376 g/mol. The van der Waals surface area contributed by atoms with Gasteiger partial charge in [-0.05, 0) is 18.2 Å². The molecule has 1 aliphatic heterocycles. The minimum atomic E-state index is -1.05. The molecule has 1 atom stereocenters. The quantitative estimate of drug-likeness (QED) is 0.870. The van der Waals surface area contributed by atoms with Crippen molar-refractivity contribution in [2.75, 3.05) is 19.8 Å². The van der Waals surface area contributed by atoms with Crippen molar-refractivity contribution >= 4 is 27.8 Å². The van der Waals surface area contributed by atoms with E-state index in [0.717, 1.165) is 15.7 Å². The summed E-state index contributed by atoms with van der Waals surface area (Å²) in [5, 5.41) is 9.31. The van der Waals surface area contributed by atoms with Crippen molar-refractivity contribution in [2.24, 2.45) is 7.05 Å². The van der Waals surface area contributed by atoms with Gasteiger partial charge in [0, 0.05) is 29.3 Å². The average molecular weight is 393 g/mol. The molecule has 0 unspecified atom stereocenters. The van der Waals surface area contributed by atoms with Gasteiger partial charge in [-0.2, -0.15) is 0 Å². The Labute approximate surface area is 147 Å². The summed E-state index contributed by atoms with van der Waals surface area (Å²) in [6, 6.07) is 10.4. The number of halogens is 1. The van der Waals surface area contributed by atoms with E-state index in [1.165, 1.54) is 4.90 Å². The van der Waals surface area contributed by atoms with Crippen LogP contribution in [0.4, 0.5) is 0 Å². The van der Waals surface area contributed by atoms with Crippen LogP contribution >= 0.6 is 15.9 Å². The largest absolute Gasteiger partial charge is 0.480 e. The molecule has 0 saturated carbocycles. The summed E-state index contributed by atoms with van der Waals surface area (Å²) in [6.45, 7) is 0.630. The molecule has 0 radical (unpaired) electrons. The third kappa shape index (κ3) is 2.97. The van der Waals surface area contributed by atoms with Crippen molar-refractivity contribution in [1.29, 1.82) is 0 Å². The van der Waals surface area contributed by atoms with Gasteiger partial charge in [-0.25, -0.2) is 4.79 Å². The maximum Gasteiger partial charge on any atom is 0.328 e. The molecule has 1 aliphatic rings. The summed E-state index contributed by atoms with van der Waals surface area (Å²) in [4.78, 5) is 25.6. The van der Waals surface area contributed by atoms with Crippen LogP contribution in [0, 0.1) is 0 Å². The van der Waals surface area contributed by atoms with E-state index >= 15 is 0 Å². The molecule has 7 heteroatoms. The minimum absolute atomic E-state index is 0.0165. The molecule has 1 aromatic carbocycles. The van der Waals surface area contributed by atoms with Crippen LogP contribution < -0.4 is 0 Å². The first-order valence-electron chi connectivity index (χ1n) is 7.53. The Bertz CT molecular complexity index is 787. The summed E-state index contributed by atoms with van der Waals surface area (Å²) < 4.78 is 7.91. The molecule has 1 saturated heterocycles. The van der Waals surface area contributed by atoms with Crippen LogP contribution in [0.1, 0.15) is 10.5 Å². The number of carboxylic acid groups (broad SMARTS) is 1. The van der Waals surface area contributed by atoms with Gasteiger partial charge in [0.15, 0.2) is 6.04 Å². The number of nitrogens with zero attached hydrogens (tertiary/aromatic N) is 2. The highest BCUT2D eigenvalue weighted by atomic mass is 79.9. The standard InChI is InChI=1S/C17H17BrN2O4/c1-19-13(11-4-2-3-5-12(11)18)6-7-14(19)16(21)20-8-9-24-10-15(20)17(22)23/h2-7,15H,8-10H2,1H3,(H,22,23)/t15-/m1/s1. The number of carbonyl (C=O) groups excluding carboxylic acids is 1. The summed E-state index contributed by atoms with van der Waals surface area (Å²) >= 11 is 3.52. The number of morpholine rings is 1. The number of carbonyl (C=O) groups is 2. The normalized spacial score (nSPS) is 17.8. The lowest BCUT2D eigenvalue weighted by atomic mass is 10.1. The second-order valence-corrected chi connectivity index (χ2v) is 6.42. The van der Waals surface area contributed by atoms with Gasteiger partial charge in [0.05, 0.1) is 13.2 Å². The maximum absolute atomic E-state index is 12.8. The van der Waals surface area contributed by atoms with E-state index in [1.807, 2.05) is 30.3 Å². The Morgan fingerprint density at radius 2 is 2.00 bits per heavy atom. The van der Waals surface area contributed by atoms with E-state index in [1.54, 1.807) is 17.7 Å². The van der Waals surface area contributed by atoms with E-state index < -0.39 is 12.0 Å². The lowest BCUT2D eigenvalue weighted by Crippen LogP contribution is -2.52. The van der Waals surface area contributed by atoms with Gasteiger partial charge in [-0.1, -0.05) is 34.1 Å². The minimum Gasteiger partial charge on any atom is -0.480 e. The Hall–Kier alpha value is -2.12. The summed E-state index contributed by atoms with van der Waals surface area (Å²) in [5.41, 5.74) is 2.30. The predicted octanol–water partition coefficient (Wildman–Crippen LogP) is 2.38. The molecule has 0 bridgehead atoms. The second kappa shape index (κ2) is 6.78. The molecule has 1 fully saturated rings. The van der Waals surface area contributed by atoms with Gasteiger partial charge in [-0.15, -0.1) is 0 Å². The molecule has 3 rings (SSSR count). The molecule has 1 amide bonds. The number of hydrogen-bond acceptors (Lipinski definition) is 3. The molecule has 126 valence electrons. The van der Waals surface area contributed by atoms with Gasteiger partial charge in [0.2, 0.25) is 0 Å². The van der Waals surface area contributed by atoms with Crippen LogP contribution in [-0.4, -0.2) is 52.3 Å². The first kappa shape index (κ1) is 16.7. The third-order valence-corrected chi connectivity index (χ3v) is 4.86. The zero-order valence-corrected chi connectivity index (χ0v) is 14.7. The van der Waals surface area contributed by atoms with Crippen LogP contribution in [0.15, 0.2) is 40.9 Å². The molecule has 2 aromatic rings. The van der Waals surface area contributed by atoms with Crippen molar-refractivity contribution in [3.8, 4) is 11.3 Å². The molecule has 1 N–H and O–H groups in total. The van der Waals surface area contributed by atoms with Crippen molar-refractivity contribution in [3.63, 3.8) is 0 Å². The number of amides is 1. The first-order chi connectivity index (χ1) is 11.5. The topological polar surface area (TPSA) is 71.8 Å². The number of benzene rings is 1. The van der Waals surface area contributed by atoms with Crippen molar-refractivity contribution in [3.05, 3.63) is 46.6 Å². The van der Waals surface area contributed by atoms with Crippen LogP contribution in [0.2, 0.25) is 0 Å². The third-order valence-electron chi connectivity index (χ3n) is 4.17. The highest BCUT2D eigenvalue weighted by Crippen LogP contribution is 2.29. The second-order valence-electron chi connectivity index (χ2n) is 5.57. The summed E-state index contributed by atoms with van der Waals surface area (Å²) in [7, 11) is 1.80. The van der Waals surface area contributed by atoms with E-state index in [4.69, 9.17) is 4.74 Å². The SMILES string of the molecule is Cn1c(C(=O)N2CCOC[C@@H]2C(=O)O)ccc1-c1ccccc1Br. The van der Waals surface area contributed by atoms with Crippen LogP contribution in [0.25, 0.3) is 11.3 Å². The van der Waals surface area contributed by atoms with Gasteiger partial charge >= 0.3 is 5.97 Å². The Kier molecular flexibility index (Phi) is 4.73. The van der Waals surface area contributed by atoms with E-state index in [9.17, 15) is 14.7 Å². The first-order valence-corrected chi connectivity index (χ1v) is 8.32. The summed E-state index contributed by atoms with van der Waals surface area (Å²) in [5.74, 6) is -1.35. The lowest BCUT2D eigenvalue weighted by molar-refractivity contribution is -0.147. The molecular formula is C17H17BrN2O4. The van der Waals surface area contributed by atoms with Crippen LogP contribution in [0.3, 0.4) is 0 Å². The average Bonchev–Trinajstić information content (AvgIpc) is 2.96. The fourth-order valence-electron chi connectivity index (χ4n) is 2.86. The zero-order valence-electron chi connectivity index (χ0n) is 13.1. The molecule has 6 nitrogen and oxygen atoms in total. The smallest absolute Gasteiger partial charge is 0.328 e. The van der Waals surface area contributed by atoms with E-state index in [-0.39, 0.29) is 19.1 Å². The maximum atomic E-state index is 12.8.